The molecule has 1 unspecified atom stereocenters. The Bertz CT molecular complexity index is 522. The van der Waals surface area contributed by atoms with Crippen LogP contribution in [-0.2, 0) is 9.53 Å². The molecule has 1 aliphatic carbocycles. The molecule has 126 valence electrons. The number of aromatic nitrogens is 2. The molecule has 1 aromatic rings. The molecule has 1 aliphatic heterocycles. The van der Waals surface area contributed by atoms with Crippen LogP contribution in [0.3, 0.4) is 0 Å². The molecule has 1 saturated carbocycles. The third-order valence-electron chi connectivity index (χ3n) is 4.58. The second-order valence-corrected chi connectivity index (χ2v) is 6.72. The molecule has 1 amide bonds. The van der Waals surface area contributed by atoms with E-state index < -0.39 is 0 Å². The number of piperidine rings is 1. The van der Waals surface area contributed by atoms with E-state index >= 15 is 0 Å². The number of ether oxygens (including phenoxy) is 1. The molecule has 1 atom stereocenters. The van der Waals surface area contributed by atoms with E-state index in [-0.39, 0.29) is 12.0 Å². The molecule has 0 spiro atoms. The average molecular weight is 318 g/mol. The molecule has 0 bridgehead atoms. The predicted molar refractivity (Wildman–Crippen MR) is 88.1 cm³/mol. The fraction of sp³-hybridized carbons (Fsp3) is 0.706. The standard InChI is InChI=1S/C17H26N4O2/c1-12-3-6-16(20-19-12)18-15-7-9-21(10-8-15)17(22)13(2)23-11-14-4-5-14/h3,6,13-15H,4-5,7-11H2,1-2H3,(H,18,20). The minimum absolute atomic E-state index is 0.124. The number of carbonyl (C=O) groups is 1. The normalized spacial score (nSPS) is 20.3. The lowest BCUT2D eigenvalue weighted by Gasteiger charge is -2.34. The van der Waals surface area contributed by atoms with Gasteiger partial charge in [0, 0.05) is 19.1 Å². The smallest absolute Gasteiger partial charge is 0.251 e. The van der Waals surface area contributed by atoms with Crippen LogP contribution in [0.2, 0.25) is 0 Å². The number of rotatable bonds is 6. The highest BCUT2D eigenvalue weighted by molar-refractivity contribution is 5.80. The molecule has 6 nitrogen and oxygen atoms in total. The molecular weight excluding hydrogens is 292 g/mol. The van der Waals surface area contributed by atoms with E-state index in [1.54, 1.807) is 0 Å². The summed E-state index contributed by atoms with van der Waals surface area (Å²) in [5, 5.41) is 11.6. The monoisotopic (exact) mass is 318 g/mol. The number of hydrogen-bond acceptors (Lipinski definition) is 5. The lowest BCUT2D eigenvalue weighted by Crippen LogP contribution is -2.46. The van der Waals surface area contributed by atoms with Gasteiger partial charge in [-0.1, -0.05) is 0 Å². The van der Waals surface area contributed by atoms with Crippen molar-refractivity contribution in [1.29, 1.82) is 0 Å². The van der Waals surface area contributed by atoms with Crippen LogP contribution in [0.1, 0.15) is 38.3 Å². The van der Waals surface area contributed by atoms with Crippen LogP contribution in [0.25, 0.3) is 0 Å². The highest BCUT2D eigenvalue weighted by Gasteiger charge is 2.28. The van der Waals surface area contributed by atoms with Gasteiger partial charge in [-0.3, -0.25) is 4.79 Å². The van der Waals surface area contributed by atoms with Crippen LogP contribution in [0.5, 0.6) is 0 Å². The Morgan fingerprint density at radius 1 is 1.30 bits per heavy atom. The predicted octanol–water partition coefficient (Wildman–Crippen LogP) is 2.00. The van der Waals surface area contributed by atoms with Gasteiger partial charge in [0.05, 0.1) is 12.3 Å². The quantitative estimate of drug-likeness (QED) is 0.869. The summed E-state index contributed by atoms with van der Waals surface area (Å²) < 4.78 is 5.69. The largest absolute Gasteiger partial charge is 0.368 e. The third-order valence-corrected chi connectivity index (χ3v) is 4.58. The number of amides is 1. The highest BCUT2D eigenvalue weighted by Crippen LogP contribution is 2.29. The van der Waals surface area contributed by atoms with E-state index in [2.05, 4.69) is 15.5 Å². The zero-order valence-electron chi connectivity index (χ0n) is 14.0. The summed E-state index contributed by atoms with van der Waals surface area (Å²) >= 11 is 0. The van der Waals surface area contributed by atoms with Crippen molar-refractivity contribution >= 4 is 11.7 Å². The number of nitrogens with zero attached hydrogens (tertiary/aromatic N) is 3. The lowest BCUT2D eigenvalue weighted by molar-refractivity contribution is -0.143. The van der Waals surface area contributed by atoms with Crippen molar-refractivity contribution in [3.63, 3.8) is 0 Å². The van der Waals surface area contributed by atoms with E-state index in [1.807, 2.05) is 30.9 Å². The van der Waals surface area contributed by atoms with Gasteiger partial charge in [-0.05, 0) is 57.6 Å². The molecule has 6 heteroatoms. The Morgan fingerprint density at radius 2 is 2.04 bits per heavy atom. The number of anilines is 1. The third kappa shape index (κ3) is 4.64. The minimum atomic E-state index is -0.317. The van der Waals surface area contributed by atoms with Crippen molar-refractivity contribution in [1.82, 2.24) is 15.1 Å². The maximum atomic E-state index is 12.4. The van der Waals surface area contributed by atoms with Crippen molar-refractivity contribution in [3.8, 4) is 0 Å². The van der Waals surface area contributed by atoms with Crippen molar-refractivity contribution in [3.05, 3.63) is 17.8 Å². The van der Waals surface area contributed by atoms with Gasteiger partial charge in [0.15, 0.2) is 0 Å². The zero-order chi connectivity index (χ0) is 16.2. The first-order chi connectivity index (χ1) is 11.1. The fourth-order valence-electron chi connectivity index (χ4n) is 2.82. The van der Waals surface area contributed by atoms with Crippen LogP contribution in [0.4, 0.5) is 5.82 Å². The summed E-state index contributed by atoms with van der Waals surface area (Å²) in [6, 6.07) is 4.25. The first-order valence-corrected chi connectivity index (χ1v) is 8.59. The maximum absolute atomic E-state index is 12.4. The van der Waals surface area contributed by atoms with Gasteiger partial charge in [0.2, 0.25) is 0 Å². The average Bonchev–Trinajstić information content (AvgIpc) is 3.39. The first-order valence-electron chi connectivity index (χ1n) is 8.59. The van der Waals surface area contributed by atoms with Gasteiger partial charge in [-0.25, -0.2) is 0 Å². The van der Waals surface area contributed by atoms with Crippen molar-refractivity contribution in [2.24, 2.45) is 5.92 Å². The van der Waals surface area contributed by atoms with E-state index in [0.717, 1.165) is 44.0 Å². The Kier molecular flexibility index (Phi) is 5.10. The SMILES string of the molecule is Cc1ccc(NC2CCN(C(=O)C(C)OCC3CC3)CC2)nn1. The lowest BCUT2D eigenvalue weighted by atomic mass is 10.0. The second-order valence-electron chi connectivity index (χ2n) is 6.72. The van der Waals surface area contributed by atoms with Crippen LogP contribution < -0.4 is 5.32 Å². The molecule has 23 heavy (non-hydrogen) atoms. The Balaban J connectivity index is 1.42. The number of carbonyl (C=O) groups excluding carboxylic acids is 1. The van der Waals surface area contributed by atoms with Gasteiger partial charge < -0.3 is 15.0 Å². The van der Waals surface area contributed by atoms with Crippen LogP contribution in [0, 0.1) is 12.8 Å². The summed E-state index contributed by atoms with van der Waals surface area (Å²) in [5.74, 6) is 1.62. The molecular formula is C17H26N4O2. The summed E-state index contributed by atoms with van der Waals surface area (Å²) in [4.78, 5) is 14.3. The van der Waals surface area contributed by atoms with Gasteiger partial charge in [-0.15, -0.1) is 5.10 Å². The summed E-state index contributed by atoms with van der Waals surface area (Å²) in [5.41, 5.74) is 0.913. The number of hydrogen-bond donors (Lipinski definition) is 1. The van der Waals surface area contributed by atoms with Crippen LogP contribution in [0.15, 0.2) is 12.1 Å². The van der Waals surface area contributed by atoms with Crippen molar-refractivity contribution in [2.75, 3.05) is 25.0 Å². The molecule has 2 aliphatic rings. The molecule has 2 heterocycles. The van der Waals surface area contributed by atoms with Gasteiger partial charge >= 0.3 is 0 Å². The Morgan fingerprint density at radius 3 is 2.65 bits per heavy atom. The van der Waals surface area contributed by atoms with Crippen molar-refractivity contribution < 1.29 is 9.53 Å². The van der Waals surface area contributed by atoms with Crippen LogP contribution in [-0.4, -0.2) is 52.8 Å². The first kappa shape index (κ1) is 16.2. The zero-order valence-corrected chi connectivity index (χ0v) is 14.0. The van der Waals surface area contributed by atoms with Crippen molar-refractivity contribution in [2.45, 2.75) is 51.7 Å². The van der Waals surface area contributed by atoms with Gasteiger partial charge in [0.1, 0.15) is 11.9 Å². The molecule has 0 aromatic carbocycles. The molecule has 2 fully saturated rings. The number of nitrogens with one attached hydrogen (secondary N) is 1. The maximum Gasteiger partial charge on any atom is 0.251 e. The second kappa shape index (κ2) is 7.25. The number of likely N-dealkylation sites (tertiary alicyclic amines) is 1. The fourth-order valence-corrected chi connectivity index (χ4v) is 2.82. The van der Waals surface area contributed by atoms with E-state index in [4.69, 9.17) is 4.74 Å². The van der Waals surface area contributed by atoms with E-state index in [9.17, 15) is 4.79 Å². The Labute approximate surface area is 137 Å². The molecule has 1 saturated heterocycles. The summed E-state index contributed by atoms with van der Waals surface area (Å²) in [6.07, 6.45) is 4.04. The highest BCUT2D eigenvalue weighted by atomic mass is 16.5. The molecule has 0 radical (unpaired) electrons. The van der Waals surface area contributed by atoms with E-state index in [1.165, 1.54) is 12.8 Å². The van der Waals surface area contributed by atoms with Crippen LogP contribution >= 0.6 is 0 Å². The topological polar surface area (TPSA) is 67.4 Å². The molecule has 3 rings (SSSR count). The van der Waals surface area contributed by atoms with Gasteiger partial charge in [-0.2, -0.15) is 5.10 Å². The molecule has 1 aromatic heterocycles. The van der Waals surface area contributed by atoms with E-state index in [0.29, 0.717) is 12.0 Å². The minimum Gasteiger partial charge on any atom is -0.368 e. The van der Waals surface area contributed by atoms with Gasteiger partial charge in [0.25, 0.3) is 5.91 Å². The summed E-state index contributed by atoms with van der Waals surface area (Å²) in [7, 11) is 0. The number of aryl methyl sites for hydroxylation is 1. The molecule has 1 N–H and O–H groups in total. The Hall–Kier alpha value is -1.69. The summed E-state index contributed by atoms with van der Waals surface area (Å²) in [6.45, 7) is 6.07.